The molecule has 22 heavy (non-hydrogen) atoms. The number of para-hydroxylation sites is 1. The molecule has 1 amide bonds. The number of aromatic carboxylic acids is 1. The molecule has 0 aromatic heterocycles. The smallest absolute Gasteiger partial charge is 0.337 e. The minimum atomic E-state index is -1.07. The number of carboxylic acid groups (broad SMARTS) is 1. The molecule has 0 unspecified atom stereocenters. The number of allylic oxidation sites excluding steroid dienone is 1. The molecule has 4 nitrogen and oxygen atoms in total. The number of hydrogen-bond donors (Lipinski definition) is 2. The Kier molecular flexibility index (Phi) is 5.09. The van der Waals surface area contributed by atoms with Gasteiger partial charge in [-0.3, -0.25) is 4.79 Å². The first-order valence-electron chi connectivity index (χ1n) is 7.01. The summed E-state index contributed by atoms with van der Waals surface area (Å²) in [4.78, 5) is 23.3. The molecule has 0 bridgehead atoms. The number of carbonyl (C=O) groups excluding carboxylic acids is 1. The highest BCUT2D eigenvalue weighted by Gasteiger charge is 2.11. The van der Waals surface area contributed by atoms with E-state index in [-0.39, 0.29) is 11.5 Å². The summed E-state index contributed by atoms with van der Waals surface area (Å²) in [6, 6.07) is 16.0. The number of anilines is 1. The molecule has 0 radical (unpaired) electrons. The second-order valence-electron chi connectivity index (χ2n) is 4.73. The van der Waals surface area contributed by atoms with E-state index >= 15 is 0 Å². The molecular weight excluding hydrogens is 278 g/mol. The van der Waals surface area contributed by atoms with Crippen LogP contribution in [0.5, 0.6) is 0 Å². The summed E-state index contributed by atoms with van der Waals surface area (Å²) in [7, 11) is 0. The van der Waals surface area contributed by atoms with Crippen molar-refractivity contribution in [3.05, 3.63) is 71.8 Å². The predicted molar refractivity (Wildman–Crippen MR) is 86.7 cm³/mol. The number of hydrogen-bond acceptors (Lipinski definition) is 2. The summed E-state index contributed by atoms with van der Waals surface area (Å²) in [5.41, 5.74) is 2.24. The van der Waals surface area contributed by atoms with Crippen molar-refractivity contribution < 1.29 is 14.7 Å². The molecule has 112 valence electrons. The lowest BCUT2D eigenvalue weighted by atomic mass is 10.0. The van der Waals surface area contributed by atoms with Gasteiger partial charge in [0.15, 0.2) is 0 Å². The number of carboxylic acids is 1. The summed E-state index contributed by atoms with van der Waals surface area (Å²) < 4.78 is 0. The minimum Gasteiger partial charge on any atom is -0.478 e. The van der Waals surface area contributed by atoms with Crippen molar-refractivity contribution in [2.24, 2.45) is 0 Å². The molecule has 0 fully saturated rings. The van der Waals surface area contributed by atoms with Crippen LogP contribution in [0, 0.1) is 0 Å². The minimum absolute atomic E-state index is 0.0713. The molecule has 0 aliphatic rings. The lowest BCUT2D eigenvalue weighted by Gasteiger charge is -2.08. The fourth-order valence-electron chi connectivity index (χ4n) is 2.15. The van der Waals surface area contributed by atoms with Crippen LogP contribution in [0.2, 0.25) is 0 Å². The Morgan fingerprint density at radius 1 is 1.05 bits per heavy atom. The first kappa shape index (κ1) is 15.5. The van der Waals surface area contributed by atoms with Crippen molar-refractivity contribution in [3.8, 4) is 0 Å². The van der Waals surface area contributed by atoms with Gasteiger partial charge < -0.3 is 10.4 Å². The van der Waals surface area contributed by atoms with Gasteiger partial charge in [-0.05, 0) is 29.7 Å². The van der Waals surface area contributed by atoms with Crippen molar-refractivity contribution in [1.29, 1.82) is 0 Å². The third-order valence-electron chi connectivity index (χ3n) is 3.25. The average molecular weight is 295 g/mol. The summed E-state index contributed by atoms with van der Waals surface area (Å²) >= 11 is 0. The van der Waals surface area contributed by atoms with E-state index in [0.29, 0.717) is 12.1 Å². The third kappa shape index (κ3) is 3.82. The van der Waals surface area contributed by atoms with Gasteiger partial charge in [0, 0.05) is 6.08 Å². The number of nitrogens with one attached hydrogen (secondary N) is 1. The second-order valence-corrected chi connectivity index (χ2v) is 4.73. The topological polar surface area (TPSA) is 66.4 Å². The molecule has 4 heteroatoms. The van der Waals surface area contributed by atoms with E-state index in [1.165, 1.54) is 12.1 Å². The first-order valence-corrected chi connectivity index (χ1v) is 7.01. The van der Waals surface area contributed by atoms with E-state index in [1.807, 2.05) is 37.3 Å². The van der Waals surface area contributed by atoms with Gasteiger partial charge in [0.2, 0.25) is 5.91 Å². The molecule has 2 aromatic carbocycles. The Balaban J connectivity index is 2.22. The van der Waals surface area contributed by atoms with E-state index < -0.39 is 5.97 Å². The zero-order chi connectivity index (χ0) is 15.9. The van der Waals surface area contributed by atoms with Crippen LogP contribution in [-0.2, 0) is 4.79 Å². The van der Waals surface area contributed by atoms with Gasteiger partial charge in [-0.15, -0.1) is 0 Å². The Morgan fingerprint density at radius 2 is 1.68 bits per heavy atom. The van der Waals surface area contributed by atoms with Crippen LogP contribution in [-0.4, -0.2) is 17.0 Å². The molecule has 0 aliphatic heterocycles. The average Bonchev–Trinajstić information content (AvgIpc) is 2.53. The molecule has 0 heterocycles. The summed E-state index contributed by atoms with van der Waals surface area (Å²) in [5, 5.41) is 11.7. The number of carbonyl (C=O) groups is 2. The van der Waals surface area contributed by atoms with Crippen molar-refractivity contribution in [3.63, 3.8) is 0 Å². The fraction of sp³-hybridized carbons (Fsp3) is 0.111. The van der Waals surface area contributed by atoms with Crippen LogP contribution in [0.4, 0.5) is 5.69 Å². The zero-order valence-electron chi connectivity index (χ0n) is 12.2. The van der Waals surface area contributed by atoms with Crippen LogP contribution in [0.1, 0.15) is 29.3 Å². The van der Waals surface area contributed by atoms with Crippen LogP contribution < -0.4 is 5.32 Å². The van der Waals surface area contributed by atoms with Gasteiger partial charge in [0.1, 0.15) is 0 Å². The standard InChI is InChI=1S/C18H17NO3/c1-2-13(14-8-4-3-5-9-14)12-17(20)19-16-11-7-6-10-15(16)18(21)22/h3-12H,2H2,1H3,(H,19,20)(H,21,22). The Morgan fingerprint density at radius 3 is 2.32 bits per heavy atom. The Hall–Kier alpha value is -2.88. The Bertz CT molecular complexity index is 705. The maximum absolute atomic E-state index is 12.1. The molecule has 2 N–H and O–H groups in total. The third-order valence-corrected chi connectivity index (χ3v) is 3.25. The van der Waals surface area contributed by atoms with Gasteiger partial charge >= 0.3 is 5.97 Å². The summed E-state index contributed by atoms with van der Waals surface area (Å²) in [6.07, 6.45) is 2.21. The van der Waals surface area contributed by atoms with E-state index in [9.17, 15) is 9.59 Å². The van der Waals surface area contributed by atoms with Crippen LogP contribution >= 0.6 is 0 Å². The maximum Gasteiger partial charge on any atom is 0.337 e. The van der Waals surface area contributed by atoms with Gasteiger partial charge in [-0.1, -0.05) is 49.4 Å². The lowest BCUT2D eigenvalue weighted by molar-refractivity contribution is -0.111. The van der Waals surface area contributed by atoms with Gasteiger partial charge in [-0.25, -0.2) is 4.79 Å². The molecule has 0 saturated heterocycles. The molecule has 0 spiro atoms. The number of amides is 1. The molecule has 0 aliphatic carbocycles. The Labute approximate surface area is 129 Å². The molecule has 2 rings (SSSR count). The quantitative estimate of drug-likeness (QED) is 0.824. The zero-order valence-corrected chi connectivity index (χ0v) is 12.2. The molecule has 0 atom stereocenters. The highest BCUT2D eigenvalue weighted by atomic mass is 16.4. The summed E-state index contributed by atoms with van der Waals surface area (Å²) in [5.74, 6) is -1.41. The highest BCUT2D eigenvalue weighted by Crippen LogP contribution is 2.19. The van der Waals surface area contributed by atoms with Gasteiger partial charge in [0.25, 0.3) is 0 Å². The second kappa shape index (κ2) is 7.22. The van der Waals surface area contributed by atoms with Crippen LogP contribution in [0.15, 0.2) is 60.7 Å². The van der Waals surface area contributed by atoms with Crippen molar-refractivity contribution >= 4 is 23.1 Å². The van der Waals surface area contributed by atoms with E-state index in [4.69, 9.17) is 5.11 Å². The molecule has 2 aromatic rings. The molecule has 0 saturated carbocycles. The number of benzene rings is 2. The normalized spacial score (nSPS) is 11.0. The number of rotatable bonds is 5. The first-order chi connectivity index (χ1) is 10.6. The van der Waals surface area contributed by atoms with Crippen molar-refractivity contribution in [1.82, 2.24) is 0 Å². The van der Waals surface area contributed by atoms with E-state index in [1.54, 1.807) is 18.2 Å². The van der Waals surface area contributed by atoms with Gasteiger partial charge in [0.05, 0.1) is 11.3 Å². The highest BCUT2D eigenvalue weighted by molar-refractivity contribution is 6.07. The molecular formula is C18H17NO3. The van der Waals surface area contributed by atoms with Crippen molar-refractivity contribution in [2.45, 2.75) is 13.3 Å². The van der Waals surface area contributed by atoms with Crippen LogP contribution in [0.25, 0.3) is 5.57 Å². The fourth-order valence-corrected chi connectivity index (χ4v) is 2.15. The summed E-state index contributed by atoms with van der Waals surface area (Å²) in [6.45, 7) is 1.97. The van der Waals surface area contributed by atoms with Crippen LogP contribution in [0.3, 0.4) is 0 Å². The monoisotopic (exact) mass is 295 g/mol. The predicted octanol–water partition coefficient (Wildman–Crippen LogP) is 3.82. The van der Waals surface area contributed by atoms with Gasteiger partial charge in [-0.2, -0.15) is 0 Å². The lowest BCUT2D eigenvalue weighted by Crippen LogP contribution is -2.12. The van der Waals surface area contributed by atoms with Crippen molar-refractivity contribution in [2.75, 3.05) is 5.32 Å². The maximum atomic E-state index is 12.1. The SMILES string of the molecule is CCC(=CC(=O)Nc1ccccc1C(=O)O)c1ccccc1. The van der Waals surface area contributed by atoms with E-state index in [2.05, 4.69) is 5.32 Å². The largest absolute Gasteiger partial charge is 0.478 e. The van der Waals surface area contributed by atoms with E-state index in [0.717, 1.165) is 11.1 Å².